The Labute approximate surface area is 163 Å². The predicted octanol–water partition coefficient (Wildman–Crippen LogP) is 3.68. The predicted molar refractivity (Wildman–Crippen MR) is 107 cm³/mol. The van der Waals surface area contributed by atoms with Crippen LogP contribution in [0.25, 0.3) is 0 Å². The van der Waals surface area contributed by atoms with Crippen molar-refractivity contribution in [2.45, 2.75) is 32.4 Å². The Morgan fingerprint density at radius 3 is 2.89 bits per heavy atom. The molecule has 1 heterocycles. The number of carbonyl (C=O) groups excluding carboxylic acids is 1. The highest BCUT2D eigenvalue weighted by Gasteiger charge is 2.24. The molecule has 0 fully saturated rings. The number of amides is 1. The van der Waals surface area contributed by atoms with E-state index in [2.05, 4.69) is 16.6 Å². The Balaban J connectivity index is 1.70. The van der Waals surface area contributed by atoms with Crippen LogP contribution >= 0.6 is 11.6 Å². The highest BCUT2D eigenvalue weighted by Crippen LogP contribution is 2.33. The van der Waals surface area contributed by atoms with Crippen molar-refractivity contribution in [3.05, 3.63) is 63.2 Å². The number of nitrogens with zero attached hydrogens (tertiary/aromatic N) is 2. The number of hydrogen-bond acceptors (Lipinski definition) is 4. The summed E-state index contributed by atoms with van der Waals surface area (Å²) in [7, 11) is 0. The average Bonchev–Trinajstić information content (AvgIpc) is 2.65. The van der Waals surface area contributed by atoms with Crippen LogP contribution in [-0.2, 0) is 13.0 Å². The Kier molecular flexibility index (Phi) is 5.95. The van der Waals surface area contributed by atoms with Gasteiger partial charge in [-0.05, 0) is 60.9 Å². The van der Waals surface area contributed by atoms with Gasteiger partial charge in [-0.15, -0.1) is 0 Å². The molecule has 0 radical (unpaired) electrons. The van der Waals surface area contributed by atoms with Gasteiger partial charge >= 0.3 is 0 Å². The van der Waals surface area contributed by atoms with E-state index >= 15 is 0 Å². The first kappa shape index (κ1) is 19.5. The van der Waals surface area contributed by atoms with Crippen LogP contribution in [0.1, 0.15) is 45.1 Å². The topological polar surface area (TPSA) is 73.1 Å². The monoisotopic (exact) mass is 386 g/mol. The number of halogens is 1. The number of rotatable bonds is 5. The lowest BCUT2D eigenvalue weighted by molar-refractivity contribution is 0.100. The third kappa shape index (κ3) is 4.21. The lowest BCUT2D eigenvalue weighted by atomic mass is 9.93. The number of aliphatic imine (C=N–C) groups is 1. The number of aliphatic hydroxyl groups is 1. The molecule has 1 unspecified atom stereocenters. The van der Waals surface area contributed by atoms with E-state index in [1.54, 1.807) is 18.2 Å². The van der Waals surface area contributed by atoms with E-state index < -0.39 is 12.0 Å². The van der Waals surface area contributed by atoms with Gasteiger partial charge in [0.1, 0.15) is 5.75 Å². The molecule has 5 nitrogen and oxygen atoms in total. The molecule has 1 atom stereocenters. The smallest absolute Gasteiger partial charge is 0.278 e. The normalized spacial score (nSPS) is 15.2. The maximum atomic E-state index is 12.0. The average molecular weight is 387 g/mol. The fourth-order valence-corrected chi connectivity index (χ4v) is 4.07. The van der Waals surface area contributed by atoms with Crippen molar-refractivity contribution in [2.24, 2.45) is 4.99 Å². The van der Waals surface area contributed by atoms with Crippen LogP contribution < -0.4 is 0 Å². The van der Waals surface area contributed by atoms with Gasteiger partial charge in [0, 0.05) is 19.6 Å². The number of aryl methyl sites for hydroxylation is 1. The lowest BCUT2D eigenvalue weighted by Gasteiger charge is -2.31. The van der Waals surface area contributed by atoms with E-state index in [-0.39, 0.29) is 5.75 Å². The van der Waals surface area contributed by atoms with Crippen molar-refractivity contribution in [1.29, 1.82) is 0 Å². The van der Waals surface area contributed by atoms with Crippen LogP contribution in [0.15, 0.2) is 35.3 Å². The van der Waals surface area contributed by atoms with Crippen molar-refractivity contribution in [3.8, 4) is 5.75 Å². The number of aliphatic hydroxyl groups excluding tert-OH is 1. The number of phenolic OH excluding ortho intramolecular Hbond substituents is 1. The molecule has 2 aromatic carbocycles. The van der Waals surface area contributed by atoms with Gasteiger partial charge in [-0.3, -0.25) is 9.69 Å². The van der Waals surface area contributed by atoms with Gasteiger partial charge in [0.2, 0.25) is 0 Å². The second kappa shape index (κ2) is 8.21. The molecular formula is C21H23ClN2O3. The fourth-order valence-electron chi connectivity index (χ4n) is 3.62. The van der Waals surface area contributed by atoms with Crippen LogP contribution in [0.3, 0.4) is 0 Å². The molecule has 1 aliphatic heterocycles. The minimum absolute atomic E-state index is 0.155. The molecular weight excluding hydrogens is 364 g/mol. The van der Waals surface area contributed by atoms with Gasteiger partial charge in [0.15, 0.2) is 0 Å². The van der Waals surface area contributed by atoms with Gasteiger partial charge < -0.3 is 10.2 Å². The van der Waals surface area contributed by atoms with Gasteiger partial charge in [-0.1, -0.05) is 29.8 Å². The van der Waals surface area contributed by atoms with Crippen LogP contribution in [0.5, 0.6) is 5.75 Å². The van der Waals surface area contributed by atoms with Gasteiger partial charge in [-0.2, -0.15) is 0 Å². The molecule has 27 heavy (non-hydrogen) atoms. The second-order valence-electron chi connectivity index (χ2n) is 6.91. The van der Waals surface area contributed by atoms with E-state index in [1.165, 1.54) is 0 Å². The van der Waals surface area contributed by atoms with Crippen molar-refractivity contribution in [1.82, 2.24) is 4.90 Å². The largest absolute Gasteiger partial charge is 0.508 e. The van der Waals surface area contributed by atoms with E-state index in [9.17, 15) is 15.0 Å². The van der Waals surface area contributed by atoms with E-state index in [4.69, 9.17) is 11.6 Å². The standard InChI is InChI=1S/C21H23ClN2O3/c1-13-10-15-12-24(8-6-17(15)20(22)19(13)21(27)23-2)9-7-18(26)14-4-3-5-16(25)11-14/h3-5,10-11,18,25-26H,2,6-9,12H2,1H3. The number of benzene rings is 2. The minimum Gasteiger partial charge on any atom is -0.508 e. The molecule has 0 aromatic heterocycles. The molecule has 3 rings (SSSR count). The summed E-state index contributed by atoms with van der Waals surface area (Å²) >= 11 is 6.48. The minimum atomic E-state index is -0.623. The van der Waals surface area contributed by atoms with E-state index in [0.717, 1.165) is 42.7 Å². The summed E-state index contributed by atoms with van der Waals surface area (Å²) in [6, 6.07) is 8.71. The SMILES string of the molecule is C=NC(=O)c1c(C)cc2c(c1Cl)CCN(CCC(O)c1cccc(O)c1)C2. The zero-order valence-electron chi connectivity index (χ0n) is 15.3. The van der Waals surface area contributed by atoms with Crippen molar-refractivity contribution < 1.29 is 15.0 Å². The number of hydrogen-bond donors (Lipinski definition) is 2. The molecule has 1 amide bonds. The maximum Gasteiger partial charge on any atom is 0.278 e. The summed E-state index contributed by atoms with van der Waals surface area (Å²) in [6.45, 7) is 7.41. The molecule has 2 aromatic rings. The number of phenols is 1. The molecule has 0 saturated carbocycles. The lowest BCUT2D eigenvalue weighted by Crippen LogP contribution is -2.32. The molecule has 0 bridgehead atoms. The molecule has 142 valence electrons. The number of fused-ring (bicyclic) bond motifs is 1. The van der Waals surface area contributed by atoms with E-state index in [0.29, 0.717) is 22.6 Å². The zero-order chi connectivity index (χ0) is 19.6. The summed E-state index contributed by atoms with van der Waals surface area (Å²) in [5.74, 6) is -0.236. The first-order chi connectivity index (χ1) is 12.9. The first-order valence-electron chi connectivity index (χ1n) is 8.92. The van der Waals surface area contributed by atoms with Crippen LogP contribution in [0.4, 0.5) is 0 Å². The van der Waals surface area contributed by atoms with Crippen molar-refractivity contribution in [2.75, 3.05) is 13.1 Å². The Bertz CT molecular complexity index is 882. The van der Waals surface area contributed by atoms with Crippen LogP contribution in [0.2, 0.25) is 5.02 Å². The quantitative estimate of drug-likeness (QED) is 0.769. The van der Waals surface area contributed by atoms with Crippen LogP contribution in [-0.4, -0.2) is 40.8 Å². The summed E-state index contributed by atoms with van der Waals surface area (Å²) in [5.41, 5.74) is 4.07. The molecule has 0 spiro atoms. The van der Waals surface area contributed by atoms with Gasteiger partial charge in [0.05, 0.1) is 16.7 Å². The van der Waals surface area contributed by atoms with E-state index in [1.807, 2.05) is 19.1 Å². The Morgan fingerprint density at radius 2 is 2.19 bits per heavy atom. The molecule has 0 aliphatic carbocycles. The summed E-state index contributed by atoms with van der Waals surface area (Å²) in [5, 5.41) is 20.4. The number of aromatic hydroxyl groups is 1. The third-order valence-corrected chi connectivity index (χ3v) is 5.48. The summed E-state index contributed by atoms with van der Waals surface area (Å²) in [6.07, 6.45) is 0.693. The van der Waals surface area contributed by atoms with Gasteiger partial charge in [-0.25, -0.2) is 4.99 Å². The molecule has 1 aliphatic rings. The highest BCUT2D eigenvalue weighted by molar-refractivity contribution is 6.35. The van der Waals surface area contributed by atoms with Crippen molar-refractivity contribution in [3.63, 3.8) is 0 Å². The molecule has 6 heteroatoms. The first-order valence-corrected chi connectivity index (χ1v) is 9.29. The fraction of sp³-hybridized carbons (Fsp3) is 0.333. The number of carbonyl (C=O) groups is 1. The highest BCUT2D eigenvalue weighted by atomic mass is 35.5. The van der Waals surface area contributed by atoms with Crippen molar-refractivity contribution >= 4 is 24.2 Å². The Hall–Kier alpha value is -2.21. The van der Waals surface area contributed by atoms with Gasteiger partial charge in [0.25, 0.3) is 5.91 Å². The summed E-state index contributed by atoms with van der Waals surface area (Å²) in [4.78, 5) is 17.7. The zero-order valence-corrected chi connectivity index (χ0v) is 16.0. The summed E-state index contributed by atoms with van der Waals surface area (Å²) < 4.78 is 0. The molecule has 0 saturated heterocycles. The second-order valence-corrected chi connectivity index (χ2v) is 7.29. The third-order valence-electron chi connectivity index (χ3n) is 5.06. The molecule has 2 N–H and O–H groups in total. The maximum absolute atomic E-state index is 12.0. The Morgan fingerprint density at radius 1 is 1.41 bits per heavy atom. The van der Waals surface area contributed by atoms with Crippen LogP contribution in [0, 0.1) is 6.92 Å².